The number of carbonyl (C=O) groups excluding carboxylic acids is 1. The van der Waals surface area contributed by atoms with Gasteiger partial charge < -0.3 is 9.64 Å². The number of benzene rings is 1. The Labute approximate surface area is 181 Å². The Hall–Kier alpha value is -1.73. The summed E-state index contributed by atoms with van der Waals surface area (Å²) < 4.78 is 8.02. The zero-order valence-corrected chi connectivity index (χ0v) is 18.5. The van der Waals surface area contributed by atoms with E-state index in [1.165, 1.54) is 18.2 Å². The van der Waals surface area contributed by atoms with Gasteiger partial charge in [-0.3, -0.25) is 9.36 Å². The van der Waals surface area contributed by atoms with Crippen LogP contribution in [0.15, 0.2) is 29.4 Å². The summed E-state index contributed by atoms with van der Waals surface area (Å²) in [5.41, 5.74) is 0. The van der Waals surface area contributed by atoms with Gasteiger partial charge in [0, 0.05) is 19.1 Å². The van der Waals surface area contributed by atoms with Crippen LogP contribution in [-0.2, 0) is 11.4 Å². The lowest BCUT2D eigenvalue weighted by Gasteiger charge is -2.32. The number of piperidine rings is 1. The van der Waals surface area contributed by atoms with Crippen LogP contribution in [0.3, 0.4) is 0 Å². The Morgan fingerprint density at radius 1 is 1.31 bits per heavy atom. The van der Waals surface area contributed by atoms with Gasteiger partial charge in [0.05, 0.1) is 10.3 Å². The molecule has 1 aliphatic heterocycles. The molecule has 1 aliphatic carbocycles. The van der Waals surface area contributed by atoms with Gasteiger partial charge in [0.15, 0.2) is 11.0 Å². The molecule has 1 amide bonds. The van der Waals surface area contributed by atoms with Crippen molar-refractivity contribution >= 4 is 29.3 Å². The normalized spacial score (nSPS) is 20.5. The summed E-state index contributed by atoms with van der Waals surface area (Å²) in [6.07, 6.45) is 4.51. The molecule has 2 fully saturated rings. The standard InChI is InChI=1S/C21H27ClN4O2S/c1-14-6-5-11-25(12-14)20(27)15(2)29-21-24-23-19(26(21)16-9-10-16)13-28-18-8-4-3-7-17(18)22/h3-4,7-8,14-16H,5-6,9-13H2,1-2H3/t14-,15-/m0/s1. The van der Waals surface area contributed by atoms with E-state index in [1.54, 1.807) is 6.07 Å². The number of thioether (sulfide) groups is 1. The molecule has 2 atom stereocenters. The van der Waals surface area contributed by atoms with Crippen molar-refractivity contribution < 1.29 is 9.53 Å². The number of ether oxygens (including phenoxy) is 1. The molecule has 2 aromatic rings. The van der Waals surface area contributed by atoms with Crippen molar-refractivity contribution in [3.05, 3.63) is 35.1 Å². The van der Waals surface area contributed by atoms with E-state index in [4.69, 9.17) is 16.3 Å². The lowest BCUT2D eigenvalue weighted by Crippen LogP contribution is -2.42. The molecule has 0 spiro atoms. The highest BCUT2D eigenvalue weighted by molar-refractivity contribution is 8.00. The summed E-state index contributed by atoms with van der Waals surface area (Å²) >= 11 is 7.69. The Morgan fingerprint density at radius 3 is 2.83 bits per heavy atom. The fraction of sp³-hybridized carbons (Fsp3) is 0.571. The molecule has 0 N–H and O–H groups in total. The van der Waals surface area contributed by atoms with Crippen LogP contribution in [0.2, 0.25) is 5.02 Å². The molecule has 0 radical (unpaired) electrons. The minimum Gasteiger partial charge on any atom is -0.484 e. The molecule has 29 heavy (non-hydrogen) atoms. The van der Waals surface area contributed by atoms with Crippen LogP contribution in [0.4, 0.5) is 0 Å². The van der Waals surface area contributed by atoms with Crippen LogP contribution in [0, 0.1) is 5.92 Å². The molecule has 1 saturated heterocycles. The van der Waals surface area contributed by atoms with Gasteiger partial charge in [0.25, 0.3) is 0 Å². The number of rotatable bonds is 7. The molecule has 8 heteroatoms. The van der Waals surface area contributed by atoms with Gasteiger partial charge in [-0.05, 0) is 50.7 Å². The van der Waals surface area contributed by atoms with Crippen LogP contribution in [0.1, 0.15) is 51.4 Å². The molecule has 1 aromatic carbocycles. The molecule has 0 bridgehead atoms. The highest BCUT2D eigenvalue weighted by Gasteiger charge is 2.32. The quantitative estimate of drug-likeness (QED) is 0.596. The minimum atomic E-state index is -0.181. The van der Waals surface area contributed by atoms with E-state index >= 15 is 0 Å². The molecular weight excluding hydrogens is 408 g/mol. The predicted molar refractivity (Wildman–Crippen MR) is 114 cm³/mol. The zero-order valence-electron chi connectivity index (χ0n) is 16.9. The Bertz CT molecular complexity index is 870. The monoisotopic (exact) mass is 434 g/mol. The van der Waals surface area contributed by atoms with Gasteiger partial charge in [-0.1, -0.05) is 42.4 Å². The first-order chi connectivity index (χ1) is 14.0. The second kappa shape index (κ2) is 8.96. The predicted octanol–water partition coefficient (Wildman–Crippen LogP) is 4.58. The summed E-state index contributed by atoms with van der Waals surface area (Å²) in [5, 5.41) is 9.94. The number of hydrogen-bond donors (Lipinski definition) is 0. The van der Waals surface area contributed by atoms with Gasteiger partial charge in [0.2, 0.25) is 5.91 Å². The third-order valence-corrected chi connectivity index (χ3v) is 6.80. The number of carbonyl (C=O) groups is 1. The van der Waals surface area contributed by atoms with Crippen molar-refractivity contribution in [1.29, 1.82) is 0 Å². The molecule has 156 valence electrons. The summed E-state index contributed by atoms with van der Waals surface area (Å²) in [5.74, 6) is 2.19. The SMILES string of the molecule is C[C@H]1CCCN(C(=O)[C@H](C)Sc2nnc(COc3ccccc3Cl)n2C2CC2)C1. The van der Waals surface area contributed by atoms with Gasteiger partial charge in [0.1, 0.15) is 12.4 Å². The molecule has 0 unspecified atom stereocenters. The van der Waals surface area contributed by atoms with Crippen LogP contribution in [0.5, 0.6) is 5.75 Å². The van der Waals surface area contributed by atoms with Crippen LogP contribution >= 0.6 is 23.4 Å². The van der Waals surface area contributed by atoms with E-state index in [0.717, 1.165) is 43.3 Å². The van der Waals surface area contributed by atoms with E-state index in [2.05, 4.69) is 21.7 Å². The summed E-state index contributed by atoms with van der Waals surface area (Å²) in [4.78, 5) is 14.9. The second-order valence-electron chi connectivity index (χ2n) is 8.01. The lowest BCUT2D eigenvalue weighted by atomic mass is 10.0. The second-order valence-corrected chi connectivity index (χ2v) is 9.73. The highest BCUT2D eigenvalue weighted by Crippen LogP contribution is 2.40. The fourth-order valence-corrected chi connectivity index (χ4v) is 4.96. The number of nitrogens with zero attached hydrogens (tertiary/aromatic N) is 4. The van der Waals surface area contributed by atoms with Crippen LogP contribution in [-0.4, -0.2) is 43.9 Å². The number of para-hydroxylation sites is 1. The van der Waals surface area contributed by atoms with E-state index in [0.29, 0.717) is 29.3 Å². The molecule has 2 aliphatic rings. The van der Waals surface area contributed by atoms with Crippen molar-refractivity contribution in [2.75, 3.05) is 13.1 Å². The maximum absolute atomic E-state index is 12.9. The fourth-order valence-electron chi connectivity index (χ4n) is 3.74. The summed E-state index contributed by atoms with van der Waals surface area (Å²) in [7, 11) is 0. The average molecular weight is 435 g/mol. The third kappa shape index (κ3) is 4.89. The first kappa shape index (κ1) is 20.5. The van der Waals surface area contributed by atoms with Gasteiger partial charge in [-0.2, -0.15) is 0 Å². The maximum Gasteiger partial charge on any atom is 0.235 e. The number of halogens is 1. The van der Waals surface area contributed by atoms with Crippen molar-refractivity contribution in [2.45, 2.75) is 62.6 Å². The van der Waals surface area contributed by atoms with Crippen molar-refractivity contribution in [3.63, 3.8) is 0 Å². The zero-order chi connectivity index (χ0) is 20.4. The molecule has 4 rings (SSSR count). The molecule has 2 heterocycles. The first-order valence-corrected chi connectivity index (χ1v) is 11.5. The summed E-state index contributed by atoms with van der Waals surface area (Å²) in [6, 6.07) is 7.81. The Morgan fingerprint density at radius 2 is 2.10 bits per heavy atom. The van der Waals surface area contributed by atoms with E-state index < -0.39 is 0 Å². The average Bonchev–Trinajstić information content (AvgIpc) is 3.48. The smallest absolute Gasteiger partial charge is 0.235 e. The highest BCUT2D eigenvalue weighted by atomic mass is 35.5. The third-order valence-electron chi connectivity index (χ3n) is 5.44. The molecule has 1 aromatic heterocycles. The van der Waals surface area contributed by atoms with Crippen molar-refractivity contribution in [1.82, 2.24) is 19.7 Å². The molecule has 6 nitrogen and oxygen atoms in total. The van der Waals surface area contributed by atoms with Crippen LogP contribution in [0.25, 0.3) is 0 Å². The number of likely N-dealkylation sites (tertiary alicyclic amines) is 1. The number of aromatic nitrogens is 3. The topological polar surface area (TPSA) is 60.3 Å². The first-order valence-electron chi connectivity index (χ1n) is 10.3. The Kier molecular flexibility index (Phi) is 6.35. The van der Waals surface area contributed by atoms with E-state index in [1.807, 2.05) is 30.0 Å². The van der Waals surface area contributed by atoms with E-state index in [9.17, 15) is 4.79 Å². The van der Waals surface area contributed by atoms with Crippen molar-refractivity contribution in [3.8, 4) is 5.75 Å². The van der Waals surface area contributed by atoms with Gasteiger partial charge >= 0.3 is 0 Å². The maximum atomic E-state index is 12.9. The van der Waals surface area contributed by atoms with Gasteiger partial charge in [-0.15, -0.1) is 10.2 Å². The largest absolute Gasteiger partial charge is 0.484 e. The Balaban J connectivity index is 1.44. The van der Waals surface area contributed by atoms with Gasteiger partial charge in [-0.25, -0.2) is 0 Å². The molecule has 1 saturated carbocycles. The molecular formula is C21H27ClN4O2S. The van der Waals surface area contributed by atoms with Crippen LogP contribution < -0.4 is 4.74 Å². The van der Waals surface area contributed by atoms with E-state index in [-0.39, 0.29) is 11.2 Å². The van der Waals surface area contributed by atoms with Crippen molar-refractivity contribution in [2.24, 2.45) is 5.92 Å². The number of amides is 1. The summed E-state index contributed by atoms with van der Waals surface area (Å²) in [6.45, 7) is 6.21. The lowest BCUT2D eigenvalue weighted by molar-refractivity contribution is -0.132. The number of hydrogen-bond acceptors (Lipinski definition) is 5. The minimum absolute atomic E-state index is 0.181.